The molecule has 1 fully saturated rings. The van der Waals surface area contributed by atoms with E-state index in [0.29, 0.717) is 19.3 Å². The Balaban J connectivity index is 2.39. The molecule has 1 aliphatic carbocycles. The highest BCUT2D eigenvalue weighted by Gasteiger charge is 2.37. The molecule has 5 nitrogen and oxygen atoms in total. The Labute approximate surface area is 101 Å². The Morgan fingerprint density at radius 2 is 2.00 bits per heavy atom. The summed E-state index contributed by atoms with van der Waals surface area (Å²) in [6.07, 6.45) is 2.96. The van der Waals surface area contributed by atoms with Crippen LogP contribution in [0, 0.1) is 11.8 Å². The van der Waals surface area contributed by atoms with Crippen LogP contribution in [0.3, 0.4) is 0 Å². The van der Waals surface area contributed by atoms with Gasteiger partial charge in [0.25, 0.3) is 0 Å². The lowest BCUT2D eigenvalue weighted by Crippen LogP contribution is -2.39. The molecule has 0 aromatic carbocycles. The summed E-state index contributed by atoms with van der Waals surface area (Å²) in [5, 5.41) is 21.1. The fraction of sp³-hybridized carbons (Fsp3) is 0.833. The smallest absolute Gasteiger partial charge is 0.307 e. The average molecular weight is 243 g/mol. The second kappa shape index (κ2) is 6.59. The van der Waals surface area contributed by atoms with Gasteiger partial charge < -0.3 is 15.5 Å². The molecule has 3 atom stereocenters. The van der Waals surface area contributed by atoms with E-state index in [-0.39, 0.29) is 12.5 Å². The molecule has 0 radical (unpaired) electrons. The van der Waals surface area contributed by atoms with Crippen molar-refractivity contribution in [3.8, 4) is 0 Å². The van der Waals surface area contributed by atoms with Gasteiger partial charge in [-0.05, 0) is 19.3 Å². The van der Waals surface area contributed by atoms with Crippen LogP contribution in [0.4, 0.5) is 0 Å². The molecule has 0 bridgehead atoms. The van der Waals surface area contributed by atoms with Crippen LogP contribution in [0.25, 0.3) is 0 Å². The third-order valence-electron chi connectivity index (χ3n) is 3.30. The van der Waals surface area contributed by atoms with E-state index in [0.717, 1.165) is 12.8 Å². The zero-order valence-corrected chi connectivity index (χ0v) is 10.2. The van der Waals surface area contributed by atoms with E-state index >= 15 is 0 Å². The third kappa shape index (κ3) is 4.00. The van der Waals surface area contributed by atoms with Crippen LogP contribution in [0.5, 0.6) is 0 Å². The van der Waals surface area contributed by atoms with E-state index in [1.165, 1.54) is 0 Å². The number of carbonyl (C=O) groups excluding carboxylic acids is 1. The fourth-order valence-electron chi connectivity index (χ4n) is 2.35. The first kappa shape index (κ1) is 14.0. The summed E-state index contributed by atoms with van der Waals surface area (Å²) in [5.41, 5.74) is 0. The number of carbonyl (C=O) groups is 2. The van der Waals surface area contributed by atoms with E-state index in [1.54, 1.807) is 0 Å². The van der Waals surface area contributed by atoms with Gasteiger partial charge in [-0.1, -0.05) is 19.8 Å². The van der Waals surface area contributed by atoms with Crippen LogP contribution >= 0.6 is 0 Å². The van der Waals surface area contributed by atoms with Crippen LogP contribution in [-0.2, 0) is 9.59 Å². The molecule has 0 saturated heterocycles. The molecule has 98 valence electrons. The van der Waals surface area contributed by atoms with Crippen LogP contribution in [-0.4, -0.2) is 34.7 Å². The van der Waals surface area contributed by atoms with E-state index < -0.39 is 23.9 Å². The maximum Gasteiger partial charge on any atom is 0.307 e. The lowest BCUT2D eigenvalue weighted by atomic mass is 9.95. The molecule has 1 aliphatic rings. The van der Waals surface area contributed by atoms with Gasteiger partial charge in [-0.15, -0.1) is 0 Å². The molecule has 0 spiro atoms. The minimum Gasteiger partial charge on any atom is -0.481 e. The monoisotopic (exact) mass is 243 g/mol. The van der Waals surface area contributed by atoms with Crippen molar-refractivity contribution in [2.24, 2.45) is 11.8 Å². The molecular formula is C12H21NO4. The highest BCUT2D eigenvalue weighted by Crippen LogP contribution is 2.31. The Morgan fingerprint density at radius 1 is 1.35 bits per heavy atom. The van der Waals surface area contributed by atoms with Gasteiger partial charge in [-0.25, -0.2) is 0 Å². The van der Waals surface area contributed by atoms with Gasteiger partial charge in [0.2, 0.25) is 5.91 Å². The Morgan fingerprint density at radius 3 is 2.59 bits per heavy atom. The van der Waals surface area contributed by atoms with E-state index in [2.05, 4.69) is 5.32 Å². The molecule has 0 aromatic rings. The second-order valence-electron chi connectivity index (χ2n) is 4.67. The molecule has 0 aromatic heterocycles. The first-order chi connectivity index (χ1) is 8.06. The lowest BCUT2D eigenvalue weighted by molar-refractivity contribution is -0.146. The van der Waals surface area contributed by atoms with Crippen molar-refractivity contribution in [3.63, 3.8) is 0 Å². The highest BCUT2D eigenvalue weighted by molar-refractivity contribution is 5.85. The predicted octanol–water partition coefficient (Wildman–Crippen LogP) is 0.764. The van der Waals surface area contributed by atoms with Crippen LogP contribution in [0.2, 0.25) is 0 Å². The number of aliphatic hydroxyl groups is 1. The minimum absolute atomic E-state index is 0.218. The van der Waals surface area contributed by atoms with Gasteiger partial charge >= 0.3 is 5.97 Å². The van der Waals surface area contributed by atoms with Crippen molar-refractivity contribution in [1.29, 1.82) is 0 Å². The minimum atomic E-state index is -0.892. The number of hydrogen-bond acceptors (Lipinski definition) is 3. The first-order valence-electron chi connectivity index (χ1n) is 6.24. The number of aliphatic hydroxyl groups excluding tert-OH is 1. The summed E-state index contributed by atoms with van der Waals surface area (Å²) in [5.74, 6) is -2.11. The molecule has 0 heterocycles. The van der Waals surface area contributed by atoms with Crippen molar-refractivity contribution in [1.82, 2.24) is 5.32 Å². The number of amides is 1. The van der Waals surface area contributed by atoms with E-state index in [4.69, 9.17) is 5.11 Å². The maximum atomic E-state index is 11.8. The number of nitrogens with one attached hydrogen (secondary N) is 1. The number of carboxylic acid groups (broad SMARTS) is 1. The highest BCUT2D eigenvalue weighted by atomic mass is 16.4. The molecule has 17 heavy (non-hydrogen) atoms. The average Bonchev–Trinajstić information content (AvgIpc) is 2.75. The standard InChI is InChI=1S/C12H21NO4/c1-2-4-8(14)7-13-11(15)9-5-3-6-10(9)12(16)17/h8-10,14H,2-7H2,1H3,(H,13,15)(H,16,17)/t8?,9-,10+/m1/s1. The Hall–Kier alpha value is -1.10. The quantitative estimate of drug-likeness (QED) is 0.643. The van der Waals surface area contributed by atoms with Crippen molar-refractivity contribution in [2.75, 3.05) is 6.54 Å². The van der Waals surface area contributed by atoms with Gasteiger partial charge in [-0.3, -0.25) is 9.59 Å². The largest absolute Gasteiger partial charge is 0.481 e. The van der Waals surface area contributed by atoms with Crippen LogP contribution in [0.1, 0.15) is 39.0 Å². The van der Waals surface area contributed by atoms with E-state index in [1.807, 2.05) is 6.92 Å². The molecule has 1 saturated carbocycles. The summed E-state index contributed by atoms with van der Waals surface area (Å²) in [4.78, 5) is 22.7. The summed E-state index contributed by atoms with van der Waals surface area (Å²) in [6.45, 7) is 2.18. The number of carboxylic acids is 1. The third-order valence-corrected chi connectivity index (χ3v) is 3.30. The molecule has 1 amide bonds. The van der Waals surface area contributed by atoms with Crippen molar-refractivity contribution >= 4 is 11.9 Å². The van der Waals surface area contributed by atoms with Crippen LogP contribution in [0.15, 0.2) is 0 Å². The van der Waals surface area contributed by atoms with Crippen molar-refractivity contribution < 1.29 is 19.8 Å². The van der Waals surface area contributed by atoms with Gasteiger partial charge in [0, 0.05) is 6.54 Å². The Kier molecular flexibility index (Phi) is 5.41. The maximum absolute atomic E-state index is 11.8. The Bertz CT molecular complexity index is 280. The summed E-state index contributed by atoms with van der Waals surface area (Å²) in [7, 11) is 0. The zero-order chi connectivity index (χ0) is 12.8. The van der Waals surface area contributed by atoms with Crippen LogP contribution < -0.4 is 5.32 Å². The van der Waals surface area contributed by atoms with Gasteiger partial charge in [0.15, 0.2) is 0 Å². The first-order valence-corrected chi connectivity index (χ1v) is 6.24. The topological polar surface area (TPSA) is 86.6 Å². The molecule has 1 rings (SSSR count). The second-order valence-corrected chi connectivity index (χ2v) is 4.67. The summed E-state index contributed by atoms with van der Waals surface area (Å²) in [6, 6.07) is 0. The van der Waals surface area contributed by atoms with Crippen molar-refractivity contribution in [2.45, 2.75) is 45.1 Å². The van der Waals surface area contributed by atoms with E-state index in [9.17, 15) is 14.7 Å². The zero-order valence-electron chi connectivity index (χ0n) is 10.2. The fourth-order valence-corrected chi connectivity index (χ4v) is 2.35. The SMILES string of the molecule is CCCC(O)CNC(=O)[C@@H]1CCC[C@@H]1C(=O)O. The summed E-state index contributed by atoms with van der Waals surface area (Å²) < 4.78 is 0. The van der Waals surface area contributed by atoms with Gasteiger partial charge in [0.05, 0.1) is 17.9 Å². The number of hydrogen-bond donors (Lipinski definition) is 3. The predicted molar refractivity (Wildman–Crippen MR) is 62.4 cm³/mol. The van der Waals surface area contributed by atoms with Gasteiger partial charge in [0.1, 0.15) is 0 Å². The molecule has 5 heteroatoms. The summed E-state index contributed by atoms with van der Waals surface area (Å²) >= 11 is 0. The van der Waals surface area contributed by atoms with Gasteiger partial charge in [-0.2, -0.15) is 0 Å². The molecule has 3 N–H and O–H groups in total. The lowest BCUT2D eigenvalue weighted by Gasteiger charge is -2.17. The molecular weight excluding hydrogens is 222 g/mol. The molecule has 1 unspecified atom stereocenters. The normalized spacial score (nSPS) is 25.5. The van der Waals surface area contributed by atoms with Crippen molar-refractivity contribution in [3.05, 3.63) is 0 Å². The molecule has 0 aliphatic heterocycles. The number of aliphatic carboxylic acids is 1. The number of rotatable bonds is 6.